The minimum absolute atomic E-state index is 0.237. The second-order valence-corrected chi connectivity index (χ2v) is 8.13. The van der Waals surface area contributed by atoms with E-state index in [4.69, 9.17) is 0 Å². The van der Waals surface area contributed by atoms with Gasteiger partial charge in [-0.2, -0.15) is 8.78 Å². The predicted molar refractivity (Wildman–Crippen MR) is 105 cm³/mol. The number of alkyl halides is 2. The first-order valence-electron chi connectivity index (χ1n) is 10.3. The minimum atomic E-state index is -2.76. The van der Waals surface area contributed by atoms with Crippen LogP contribution in [0.1, 0.15) is 66.3 Å². The predicted octanol–water partition coefficient (Wildman–Crippen LogP) is 6.47. The van der Waals surface area contributed by atoms with E-state index in [0.29, 0.717) is 5.92 Å². The zero-order valence-corrected chi connectivity index (χ0v) is 16.0. The van der Waals surface area contributed by atoms with Gasteiger partial charge >= 0.3 is 6.61 Å². The monoisotopic (exact) mass is 370 g/mol. The van der Waals surface area contributed by atoms with E-state index in [0.717, 1.165) is 25.2 Å². The van der Waals surface area contributed by atoms with Crippen molar-refractivity contribution < 1.29 is 13.5 Å². The molecule has 2 atom stereocenters. The van der Waals surface area contributed by atoms with E-state index in [1.54, 1.807) is 28.8 Å². The van der Waals surface area contributed by atoms with Gasteiger partial charge < -0.3 is 4.74 Å². The van der Waals surface area contributed by atoms with Crippen molar-refractivity contribution in [2.45, 2.75) is 70.8 Å². The van der Waals surface area contributed by atoms with Crippen LogP contribution in [0.2, 0.25) is 0 Å². The lowest BCUT2D eigenvalue weighted by molar-refractivity contribution is -0.0498. The molecular weight excluding hydrogens is 342 g/mol. The average Bonchev–Trinajstić information content (AvgIpc) is 2.67. The first-order valence-corrected chi connectivity index (χ1v) is 10.3. The van der Waals surface area contributed by atoms with Gasteiger partial charge in [0.05, 0.1) is 0 Å². The topological polar surface area (TPSA) is 9.23 Å². The quantitative estimate of drug-likeness (QED) is 0.586. The van der Waals surface area contributed by atoms with Crippen molar-refractivity contribution in [2.24, 2.45) is 5.92 Å². The molecule has 3 heteroatoms. The number of ether oxygens (including phenoxy) is 1. The highest BCUT2D eigenvalue weighted by Crippen LogP contribution is 2.39. The number of hydrogen-bond donors (Lipinski definition) is 0. The molecule has 0 bridgehead atoms. The lowest BCUT2D eigenvalue weighted by atomic mass is 9.73. The Labute approximate surface area is 160 Å². The number of rotatable bonds is 5. The van der Waals surface area contributed by atoms with Gasteiger partial charge in [0.25, 0.3) is 0 Å². The lowest BCUT2D eigenvalue weighted by Crippen LogP contribution is -2.20. The van der Waals surface area contributed by atoms with Crippen LogP contribution in [0.15, 0.2) is 36.4 Å². The van der Waals surface area contributed by atoms with Gasteiger partial charge in [-0.3, -0.25) is 0 Å². The number of halogens is 2. The molecule has 0 aromatic heterocycles. The van der Waals surface area contributed by atoms with Crippen LogP contribution in [-0.4, -0.2) is 6.61 Å². The smallest absolute Gasteiger partial charge is 0.387 e. The maximum Gasteiger partial charge on any atom is 0.387 e. The fourth-order valence-corrected chi connectivity index (χ4v) is 5.10. The maximum absolute atomic E-state index is 12.3. The van der Waals surface area contributed by atoms with Crippen LogP contribution in [0.4, 0.5) is 8.78 Å². The summed E-state index contributed by atoms with van der Waals surface area (Å²) in [6.07, 6.45) is 9.80. The molecule has 0 saturated heterocycles. The molecule has 1 nitrogen and oxygen atoms in total. The molecular formula is C24H28F2O. The normalized spacial score (nSPS) is 21.6. The van der Waals surface area contributed by atoms with E-state index < -0.39 is 6.61 Å². The average molecular weight is 370 g/mol. The zero-order chi connectivity index (χ0) is 18.8. The second-order valence-electron chi connectivity index (χ2n) is 8.13. The van der Waals surface area contributed by atoms with E-state index in [1.165, 1.54) is 43.2 Å². The summed E-state index contributed by atoms with van der Waals surface area (Å²) in [7, 11) is 0. The van der Waals surface area contributed by atoms with E-state index in [-0.39, 0.29) is 5.75 Å². The molecule has 2 aromatic carbocycles. The summed E-state index contributed by atoms with van der Waals surface area (Å²) in [5.41, 5.74) is 7.55. The standard InChI is InChI=1S/C24H28F2O/c1-2-3-16-4-12-22-19(14-16)5-6-20-15-18(9-13-23(20)22)17-7-10-21(11-8-17)27-24(25)26/h5-8,10-11,16,18,24H,2-4,9,12-15H2,1H3. The molecule has 144 valence electrons. The Bertz CT molecular complexity index is 782. The molecule has 0 N–H and O–H groups in total. The zero-order valence-electron chi connectivity index (χ0n) is 16.0. The highest BCUT2D eigenvalue weighted by Gasteiger charge is 2.26. The molecule has 0 saturated carbocycles. The van der Waals surface area contributed by atoms with Gasteiger partial charge in [0, 0.05) is 0 Å². The first kappa shape index (κ1) is 18.5. The third kappa shape index (κ3) is 4.02. The highest BCUT2D eigenvalue weighted by atomic mass is 19.3. The molecule has 0 heterocycles. The summed E-state index contributed by atoms with van der Waals surface area (Å²) in [5.74, 6) is 1.57. The van der Waals surface area contributed by atoms with Gasteiger partial charge in [-0.05, 0) is 90.3 Å². The molecule has 2 aliphatic rings. The highest BCUT2D eigenvalue weighted by molar-refractivity contribution is 5.45. The van der Waals surface area contributed by atoms with Crippen molar-refractivity contribution in [3.05, 3.63) is 64.2 Å². The van der Waals surface area contributed by atoms with E-state index in [2.05, 4.69) is 23.8 Å². The maximum atomic E-state index is 12.3. The summed E-state index contributed by atoms with van der Waals surface area (Å²) in [6, 6.07) is 11.9. The largest absolute Gasteiger partial charge is 0.435 e. The van der Waals surface area contributed by atoms with Crippen LogP contribution in [-0.2, 0) is 25.7 Å². The van der Waals surface area contributed by atoms with E-state index >= 15 is 0 Å². The van der Waals surface area contributed by atoms with Crippen molar-refractivity contribution in [3.8, 4) is 5.75 Å². The molecule has 0 radical (unpaired) electrons. The molecule has 27 heavy (non-hydrogen) atoms. The van der Waals surface area contributed by atoms with Crippen LogP contribution < -0.4 is 4.74 Å². The minimum Gasteiger partial charge on any atom is -0.435 e. The third-order valence-corrected chi connectivity index (χ3v) is 6.42. The van der Waals surface area contributed by atoms with Crippen LogP contribution >= 0.6 is 0 Å². The Balaban J connectivity index is 1.49. The summed E-state index contributed by atoms with van der Waals surface area (Å²) in [5, 5.41) is 0. The van der Waals surface area contributed by atoms with Gasteiger partial charge in [0.15, 0.2) is 0 Å². The molecule has 0 aliphatic heterocycles. The van der Waals surface area contributed by atoms with E-state index in [1.807, 2.05) is 12.1 Å². The van der Waals surface area contributed by atoms with Crippen molar-refractivity contribution >= 4 is 0 Å². The fraction of sp³-hybridized carbons (Fsp3) is 0.500. The molecule has 2 aliphatic carbocycles. The Hall–Kier alpha value is -1.90. The molecule has 0 fully saturated rings. The second kappa shape index (κ2) is 8.00. The fourth-order valence-electron chi connectivity index (χ4n) is 5.10. The summed E-state index contributed by atoms with van der Waals surface area (Å²) in [6.45, 7) is -0.477. The van der Waals surface area contributed by atoms with Crippen LogP contribution in [0.5, 0.6) is 5.75 Å². The lowest BCUT2D eigenvalue weighted by Gasteiger charge is -2.32. The van der Waals surface area contributed by atoms with Gasteiger partial charge in [-0.25, -0.2) is 0 Å². The molecule has 2 aromatic rings. The summed E-state index contributed by atoms with van der Waals surface area (Å²) in [4.78, 5) is 0. The Kier molecular flexibility index (Phi) is 5.47. The number of benzene rings is 2. The van der Waals surface area contributed by atoms with Crippen molar-refractivity contribution in [1.29, 1.82) is 0 Å². The van der Waals surface area contributed by atoms with Crippen LogP contribution in [0.3, 0.4) is 0 Å². The summed E-state index contributed by atoms with van der Waals surface area (Å²) >= 11 is 0. The van der Waals surface area contributed by atoms with Gasteiger partial charge in [-0.1, -0.05) is 44.0 Å². The SMILES string of the molecule is CCCC1CCc2c(ccc3c2CCC(c2ccc(OC(F)F)cc2)C3)C1. The molecule has 0 spiro atoms. The van der Waals surface area contributed by atoms with E-state index in [9.17, 15) is 8.78 Å². The first-order chi connectivity index (χ1) is 13.1. The Morgan fingerprint density at radius 2 is 1.59 bits per heavy atom. The van der Waals surface area contributed by atoms with Gasteiger partial charge in [-0.15, -0.1) is 0 Å². The number of fused-ring (bicyclic) bond motifs is 3. The molecule has 0 amide bonds. The third-order valence-electron chi connectivity index (χ3n) is 6.42. The van der Waals surface area contributed by atoms with Crippen molar-refractivity contribution in [2.75, 3.05) is 0 Å². The van der Waals surface area contributed by atoms with Crippen molar-refractivity contribution in [1.82, 2.24) is 0 Å². The Morgan fingerprint density at radius 1 is 0.926 bits per heavy atom. The summed E-state index contributed by atoms with van der Waals surface area (Å²) < 4.78 is 29.1. The number of hydrogen-bond acceptors (Lipinski definition) is 1. The van der Waals surface area contributed by atoms with Gasteiger partial charge in [0.2, 0.25) is 0 Å². The van der Waals surface area contributed by atoms with Gasteiger partial charge in [0.1, 0.15) is 5.75 Å². The Morgan fingerprint density at radius 3 is 2.26 bits per heavy atom. The van der Waals surface area contributed by atoms with Crippen LogP contribution in [0.25, 0.3) is 0 Å². The molecule has 2 unspecified atom stereocenters. The van der Waals surface area contributed by atoms with Crippen molar-refractivity contribution in [3.63, 3.8) is 0 Å². The molecule has 4 rings (SSSR count). The van der Waals surface area contributed by atoms with Crippen LogP contribution in [0, 0.1) is 5.92 Å².